The Morgan fingerprint density at radius 3 is 2.76 bits per heavy atom. The van der Waals surface area contributed by atoms with Gasteiger partial charge in [-0.25, -0.2) is 4.79 Å². The van der Waals surface area contributed by atoms with E-state index in [0.717, 1.165) is 35.3 Å². The van der Waals surface area contributed by atoms with Crippen LogP contribution in [-0.4, -0.2) is 18.5 Å². The van der Waals surface area contributed by atoms with Gasteiger partial charge >= 0.3 is 5.97 Å². The Morgan fingerprint density at radius 2 is 2.12 bits per heavy atom. The minimum absolute atomic E-state index is 0.154. The first-order valence-corrected chi connectivity index (χ1v) is 10.3. The van der Waals surface area contributed by atoms with Gasteiger partial charge in [-0.05, 0) is 57.1 Å². The maximum Gasteiger partial charge on any atom is 0.341 e. The molecule has 0 bridgehead atoms. The van der Waals surface area contributed by atoms with E-state index in [1.54, 1.807) is 18.3 Å². The molecule has 2 aromatic rings. The van der Waals surface area contributed by atoms with Gasteiger partial charge in [0.15, 0.2) is 0 Å². The topological polar surface area (TPSA) is 55.4 Å². The molecule has 134 valence electrons. The van der Waals surface area contributed by atoms with E-state index >= 15 is 0 Å². The first-order valence-electron chi connectivity index (χ1n) is 8.60. The average Bonchev–Trinajstić information content (AvgIpc) is 3.07. The number of carbonyl (C=O) groups is 2. The van der Waals surface area contributed by atoms with E-state index in [2.05, 4.69) is 12.2 Å². The van der Waals surface area contributed by atoms with Crippen molar-refractivity contribution >= 4 is 39.6 Å². The summed E-state index contributed by atoms with van der Waals surface area (Å²) in [5.41, 5.74) is 3.30. The molecule has 1 unspecified atom stereocenters. The predicted molar refractivity (Wildman–Crippen MR) is 103 cm³/mol. The zero-order chi connectivity index (χ0) is 18.1. The fourth-order valence-electron chi connectivity index (χ4n) is 3.17. The number of fused-ring (bicyclic) bond motifs is 1. The molecule has 0 radical (unpaired) electrons. The molecule has 0 aliphatic heterocycles. The van der Waals surface area contributed by atoms with Crippen molar-refractivity contribution in [2.24, 2.45) is 5.92 Å². The number of aryl methyl sites for hydroxylation is 1. The Labute approximate surface area is 156 Å². The molecule has 0 aromatic carbocycles. The molecule has 3 rings (SSSR count). The molecule has 25 heavy (non-hydrogen) atoms. The zero-order valence-electron chi connectivity index (χ0n) is 15.0. The highest BCUT2D eigenvalue weighted by Crippen LogP contribution is 2.40. The number of hydrogen-bond acceptors (Lipinski definition) is 5. The summed E-state index contributed by atoms with van der Waals surface area (Å²) in [6, 6.07) is 0. The second-order valence-electron chi connectivity index (χ2n) is 6.56. The second kappa shape index (κ2) is 7.30. The molecular weight excluding hydrogens is 354 g/mol. The maximum absolute atomic E-state index is 12.7. The summed E-state index contributed by atoms with van der Waals surface area (Å²) in [7, 11) is 0. The van der Waals surface area contributed by atoms with Gasteiger partial charge in [0, 0.05) is 15.1 Å². The summed E-state index contributed by atoms with van der Waals surface area (Å²) >= 11 is 3.09. The Bertz CT molecular complexity index is 819. The monoisotopic (exact) mass is 377 g/mol. The SMILES string of the molecule is CCOC(=O)c1c(NC(=O)c2csc(C)c2C)sc2c1CCC(C)C2. The summed E-state index contributed by atoms with van der Waals surface area (Å²) in [6.45, 7) is 8.31. The molecular formula is C19H23NO3S2. The Balaban J connectivity index is 1.96. The summed E-state index contributed by atoms with van der Waals surface area (Å²) in [4.78, 5) is 27.6. The van der Waals surface area contributed by atoms with E-state index in [1.165, 1.54) is 16.2 Å². The minimum atomic E-state index is -0.330. The first kappa shape index (κ1) is 18.1. The lowest BCUT2D eigenvalue weighted by Crippen LogP contribution is -2.16. The number of esters is 1. The van der Waals surface area contributed by atoms with Crippen molar-refractivity contribution < 1.29 is 14.3 Å². The zero-order valence-corrected chi connectivity index (χ0v) is 16.7. The number of amides is 1. The third kappa shape index (κ3) is 3.51. The smallest absolute Gasteiger partial charge is 0.341 e. The number of hydrogen-bond donors (Lipinski definition) is 1. The second-order valence-corrected chi connectivity index (χ2v) is 8.75. The van der Waals surface area contributed by atoms with Crippen LogP contribution in [0.3, 0.4) is 0 Å². The van der Waals surface area contributed by atoms with E-state index in [-0.39, 0.29) is 11.9 Å². The highest BCUT2D eigenvalue weighted by molar-refractivity contribution is 7.17. The molecule has 0 spiro atoms. The lowest BCUT2D eigenvalue weighted by Gasteiger charge is -2.18. The van der Waals surface area contributed by atoms with Crippen LogP contribution in [0, 0.1) is 19.8 Å². The van der Waals surface area contributed by atoms with Crippen molar-refractivity contribution in [3.8, 4) is 0 Å². The fourth-order valence-corrected chi connectivity index (χ4v) is 5.43. The molecule has 1 aliphatic rings. The van der Waals surface area contributed by atoms with Crippen LogP contribution in [0.4, 0.5) is 5.00 Å². The summed E-state index contributed by atoms with van der Waals surface area (Å²) in [5.74, 6) is 0.119. The first-order chi connectivity index (χ1) is 11.9. The summed E-state index contributed by atoms with van der Waals surface area (Å²) in [6.07, 6.45) is 2.89. The summed E-state index contributed by atoms with van der Waals surface area (Å²) in [5, 5.41) is 5.48. The number of ether oxygens (including phenoxy) is 1. The van der Waals surface area contributed by atoms with Crippen molar-refractivity contribution in [3.05, 3.63) is 37.4 Å². The minimum Gasteiger partial charge on any atom is -0.462 e. The number of rotatable bonds is 4. The molecule has 0 fully saturated rings. The molecule has 2 aromatic heterocycles. The maximum atomic E-state index is 12.7. The average molecular weight is 378 g/mol. The molecule has 1 atom stereocenters. The fraction of sp³-hybridized carbons (Fsp3) is 0.474. The van der Waals surface area contributed by atoms with Crippen molar-refractivity contribution in [2.75, 3.05) is 11.9 Å². The highest BCUT2D eigenvalue weighted by Gasteiger charge is 2.29. The molecule has 6 heteroatoms. The van der Waals surface area contributed by atoms with Gasteiger partial charge in [-0.3, -0.25) is 4.79 Å². The van der Waals surface area contributed by atoms with Crippen LogP contribution < -0.4 is 5.32 Å². The third-order valence-corrected chi connectivity index (χ3v) is 6.93. The largest absolute Gasteiger partial charge is 0.462 e. The highest BCUT2D eigenvalue weighted by atomic mass is 32.1. The van der Waals surface area contributed by atoms with E-state index < -0.39 is 0 Å². The predicted octanol–water partition coefficient (Wildman–Crippen LogP) is 4.98. The molecule has 0 saturated heterocycles. The van der Waals surface area contributed by atoms with Gasteiger partial charge in [-0.15, -0.1) is 22.7 Å². The lowest BCUT2D eigenvalue weighted by atomic mass is 9.88. The van der Waals surface area contributed by atoms with Crippen LogP contribution in [-0.2, 0) is 17.6 Å². The summed E-state index contributed by atoms with van der Waals surface area (Å²) < 4.78 is 5.25. The molecule has 0 saturated carbocycles. The van der Waals surface area contributed by atoms with Gasteiger partial charge in [0.25, 0.3) is 5.91 Å². The van der Waals surface area contributed by atoms with E-state index in [1.807, 2.05) is 19.2 Å². The van der Waals surface area contributed by atoms with E-state index in [9.17, 15) is 9.59 Å². The Morgan fingerprint density at radius 1 is 1.36 bits per heavy atom. The van der Waals surface area contributed by atoms with Gasteiger partial charge < -0.3 is 10.1 Å². The Hall–Kier alpha value is -1.66. The van der Waals surface area contributed by atoms with Crippen LogP contribution in [0.25, 0.3) is 0 Å². The van der Waals surface area contributed by atoms with Crippen molar-refractivity contribution in [1.82, 2.24) is 0 Å². The number of thiophene rings is 2. The number of anilines is 1. The normalized spacial score (nSPS) is 16.4. The van der Waals surface area contributed by atoms with Crippen molar-refractivity contribution in [2.45, 2.75) is 47.0 Å². The van der Waals surface area contributed by atoms with E-state index in [4.69, 9.17) is 4.74 Å². The van der Waals surface area contributed by atoms with Gasteiger partial charge in [0.05, 0.1) is 17.7 Å². The molecule has 1 aliphatic carbocycles. The van der Waals surface area contributed by atoms with Crippen LogP contribution in [0.1, 0.15) is 61.9 Å². The van der Waals surface area contributed by atoms with Crippen LogP contribution in [0.2, 0.25) is 0 Å². The van der Waals surface area contributed by atoms with Crippen molar-refractivity contribution in [3.63, 3.8) is 0 Å². The van der Waals surface area contributed by atoms with Gasteiger partial charge in [-0.2, -0.15) is 0 Å². The third-order valence-electron chi connectivity index (χ3n) is 4.75. The molecule has 2 heterocycles. The van der Waals surface area contributed by atoms with Gasteiger partial charge in [-0.1, -0.05) is 6.92 Å². The lowest BCUT2D eigenvalue weighted by molar-refractivity contribution is 0.0526. The van der Waals surface area contributed by atoms with E-state index in [0.29, 0.717) is 28.7 Å². The van der Waals surface area contributed by atoms with Gasteiger partial charge in [0.1, 0.15) is 5.00 Å². The standard InChI is InChI=1S/C19H23NO3S2/c1-5-23-19(22)16-13-7-6-10(2)8-15(13)25-18(16)20-17(21)14-9-24-12(4)11(14)3/h9-10H,5-8H2,1-4H3,(H,20,21). The number of carbonyl (C=O) groups excluding carboxylic acids is 2. The quantitative estimate of drug-likeness (QED) is 0.765. The Kier molecular flexibility index (Phi) is 5.29. The van der Waals surface area contributed by atoms with Crippen LogP contribution in [0.15, 0.2) is 5.38 Å². The molecule has 4 nitrogen and oxygen atoms in total. The van der Waals surface area contributed by atoms with Crippen LogP contribution >= 0.6 is 22.7 Å². The molecule has 1 N–H and O–H groups in total. The number of nitrogens with one attached hydrogen (secondary N) is 1. The van der Waals surface area contributed by atoms with Gasteiger partial charge in [0.2, 0.25) is 0 Å². The van der Waals surface area contributed by atoms with Crippen LogP contribution in [0.5, 0.6) is 0 Å². The van der Waals surface area contributed by atoms with Crippen molar-refractivity contribution in [1.29, 1.82) is 0 Å². The molecule has 1 amide bonds.